The number of benzene rings is 2. The number of hydrogen-bond donors (Lipinski definition) is 2. The van der Waals surface area contributed by atoms with Crippen molar-refractivity contribution >= 4 is 28.8 Å². The Morgan fingerprint density at radius 3 is 2.39 bits per heavy atom. The third-order valence-electron chi connectivity index (χ3n) is 4.75. The second kappa shape index (κ2) is 8.93. The monoisotopic (exact) mass is 434 g/mol. The summed E-state index contributed by atoms with van der Waals surface area (Å²) in [6, 6.07) is 15.6. The Balaban J connectivity index is 1.51. The zero-order chi connectivity index (χ0) is 21.8. The highest BCUT2D eigenvalue weighted by Gasteiger charge is 2.21. The molecular weight excluding hydrogens is 415 g/mol. The first-order chi connectivity index (χ1) is 15.0. The molecule has 31 heavy (non-hydrogen) atoms. The first-order valence-corrected chi connectivity index (χ1v) is 10.4. The highest BCUT2D eigenvalue weighted by atomic mass is 32.1. The van der Waals surface area contributed by atoms with Crippen molar-refractivity contribution in [1.82, 2.24) is 14.9 Å². The fourth-order valence-electron chi connectivity index (χ4n) is 3.13. The van der Waals surface area contributed by atoms with Crippen LogP contribution in [0.2, 0.25) is 0 Å². The summed E-state index contributed by atoms with van der Waals surface area (Å²) in [5.41, 5.74) is 1.73. The van der Waals surface area contributed by atoms with Crippen molar-refractivity contribution in [3.05, 3.63) is 106 Å². The third kappa shape index (κ3) is 4.70. The van der Waals surface area contributed by atoms with Crippen molar-refractivity contribution in [3.8, 4) is 0 Å². The first kappa shape index (κ1) is 20.5. The lowest BCUT2D eigenvalue weighted by atomic mass is 10.0. The van der Waals surface area contributed by atoms with Gasteiger partial charge in [0.25, 0.3) is 11.8 Å². The smallest absolute Gasteiger partial charge is 0.265 e. The normalized spacial score (nSPS) is 11.7. The summed E-state index contributed by atoms with van der Waals surface area (Å²) in [6.45, 7) is 0. The van der Waals surface area contributed by atoms with Gasteiger partial charge in [-0.3, -0.25) is 9.59 Å². The van der Waals surface area contributed by atoms with E-state index in [1.165, 1.54) is 23.5 Å². The molecule has 4 rings (SSSR count). The van der Waals surface area contributed by atoms with Crippen LogP contribution in [0, 0.1) is 5.82 Å². The third-order valence-corrected chi connectivity index (χ3v) is 5.61. The topological polar surface area (TPSA) is 76.0 Å². The maximum Gasteiger partial charge on any atom is 0.265 e. The van der Waals surface area contributed by atoms with Crippen LogP contribution < -0.4 is 10.6 Å². The van der Waals surface area contributed by atoms with Crippen LogP contribution in [0.3, 0.4) is 0 Å². The fraction of sp³-hybridized carbons (Fsp3) is 0.0870. The van der Waals surface area contributed by atoms with E-state index in [0.717, 1.165) is 0 Å². The van der Waals surface area contributed by atoms with Crippen molar-refractivity contribution < 1.29 is 14.0 Å². The molecule has 2 heterocycles. The number of amides is 2. The van der Waals surface area contributed by atoms with Gasteiger partial charge in [-0.05, 0) is 53.4 Å². The quantitative estimate of drug-likeness (QED) is 0.473. The molecule has 4 aromatic rings. The van der Waals surface area contributed by atoms with Gasteiger partial charge in [0.05, 0.1) is 4.88 Å². The van der Waals surface area contributed by atoms with Crippen molar-refractivity contribution in [2.75, 3.05) is 5.32 Å². The summed E-state index contributed by atoms with van der Waals surface area (Å²) in [4.78, 5) is 30.0. The molecule has 156 valence electrons. The number of hydrogen-bond acceptors (Lipinski definition) is 4. The number of carbonyl (C=O) groups is 2. The van der Waals surface area contributed by atoms with Crippen molar-refractivity contribution in [2.45, 2.75) is 6.04 Å². The number of nitrogens with one attached hydrogen (secondary N) is 2. The van der Waals surface area contributed by atoms with E-state index < -0.39 is 6.04 Å². The molecule has 0 aliphatic rings. The molecule has 0 saturated heterocycles. The van der Waals surface area contributed by atoms with E-state index in [-0.39, 0.29) is 17.6 Å². The molecule has 2 aromatic heterocycles. The van der Waals surface area contributed by atoms with Crippen LogP contribution in [-0.2, 0) is 7.05 Å². The van der Waals surface area contributed by atoms with Gasteiger partial charge >= 0.3 is 0 Å². The molecule has 0 aliphatic heterocycles. The average Bonchev–Trinajstić information content (AvgIpc) is 3.45. The molecule has 0 fully saturated rings. The van der Waals surface area contributed by atoms with Crippen LogP contribution in [0.25, 0.3) is 0 Å². The van der Waals surface area contributed by atoms with E-state index in [9.17, 15) is 14.0 Å². The standard InChI is InChI=1S/C23H19FN4O2S/c1-28-13-12-25-21(28)20(15-4-8-17(24)9-5-15)27-22(29)16-6-10-18(11-7-16)26-23(30)19-3-2-14-31-19/h2-14,20H,1H3,(H,26,30)(H,27,29). The van der Waals surface area contributed by atoms with Gasteiger partial charge in [0.1, 0.15) is 17.7 Å². The Kier molecular flexibility index (Phi) is 5.90. The number of anilines is 1. The van der Waals surface area contributed by atoms with E-state index in [1.807, 2.05) is 18.5 Å². The number of nitrogens with zero attached hydrogens (tertiary/aromatic N) is 2. The van der Waals surface area contributed by atoms with E-state index in [1.54, 1.807) is 59.4 Å². The minimum Gasteiger partial charge on any atom is -0.338 e. The number of carbonyl (C=O) groups excluding carboxylic acids is 2. The van der Waals surface area contributed by atoms with Gasteiger partial charge in [-0.1, -0.05) is 18.2 Å². The number of imidazole rings is 1. The number of aromatic nitrogens is 2. The summed E-state index contributed by atoms with van der Waals surface area (Å²) < 4.78 is 15.2. The summed E-state index contributed by atoms with van der Waals surface area (Å²) in [5.74, 6) is -0.236. The highest BCUT2D eigenvalue weighted by molar-refractivity contribution is 7.12. The predicted octanol–water partition coefficient (Wildman–Crippen LogP) is 4.39. The molecule has 6 nitrogen and oxygen atoms in total. The fourth-order valence-corrected chi connectivity index (χ4v) is 3.75. The Labute approximate surface area is 182 Å². The van der Waals surface area contributed by atoms with Gasteiger partial charge in [0.2, 0.25) is 0 Å². The molecule has 0 radical (unpaired) electrons. The van der Waals surface area contributed by atoms with Gasteiger partial charge in [-0.25, -0.2) is 9.37 Å². The van der Waals surface area contributed by atoms with Crippen LogP contribution >= 0.6 is 11.3 Å². The Morgan fingerprint density at radius 1 is 1.03 bits per heavy atom. The van der Waals surface area contributed by atoms with E-state index in [4.69, 9.17) is 0 Å². The van der Waals surface area contributed by atoms with Crippen LogP contribution in [0.5, 0.6) is 0 Å². The largest absolute Gasteiger partial charge is 0.338 e. The van der Waals surface area contributed by atoms with Gasteiger partial charge < -0.3 is 15.2 Å². The number of rotatable bonds is 6. The maximum atomic E-state index is 13.4. The second-order valence-corrected chi connectivity index (χ2v) is 7.81. The molecule has 8 heteroatoms. The molecule has 2 aromatic carbocycles. The van der Waals surface area contributed by atoms with Crippen LogP contribution in [0.4, 0.5) is 10.1 Å². The molecule has 1 unspecified atom stereocenters. The minimum atomic E-state index is -0.550. The zero-order valence-corrected chi connectivity index (χ0v) is 17.4. The van der Waals surface area contributed by atoms with E-state index in [2.05, 4.69) is 15.6 Å². The lowest BCUT2D eigenvalue weighted by Gasteiger charge is -2.19. The molecule has 2 amide bonds. The SMILES string of the molecule is Cn1ccnc1C(NC(=O)c1ccc(NC(=O)c2cccs2)cc1)c1ccc(F)cc1. The lowest BCUT2D eigenvalue weighted by molar-refractivity contribution is 0.0940. The van der Waals surface area contributed by atoms with Crippen molar-refractivity contribution in [2.24, 2.45) is 7.05 Å². The summed E-state index contributed by atoms with van der Waals surface area (Å²) in [5, 5.41) is 7.60. The zero-order valence-electron chi connectivity index (χ0n) is 16.6. The molecule has 0 saturated carbocycles. The summed E-state index contributed by atoms with van der Waals surface area (Å²) in [7, 11) is 1.83. The predicted molar refractivity (Wildman–Crippen MR) is 118 cm³/mol. The molecule has 0 bridgehead atoms. The average molecular weight is 434 g/mol. The second-order valence-electron chi connectivity index (χ2n) is 6.86. The van der Waals surface area contributed by atoms with Crippen LogP contribution in [0.1, 0.15) is 37.5 Å². The van der Waals surface area contributed by atoms with Crippen LogP contribution in [-0.4, -0.2) is 21.4 Å². The van der Waals surface area contributed by atoms with Crippen LogP contribution in [0.15, 0.2) is 78.4 Å². The number of aryl methyl sites for hydroxylation is 1. The van der Waals surface area contributed by atoms with E-state index in [0.29, 0.717) is 27.5 Å². The van der Waals surface area contributed by atoms with Gasteiger partial charge in [-0.2, -0.15) is 0 Å². The Morgan fingerprint density at radius 2 is 1.77 bits per heavy atom. The number of halogens is 1. The van der Waals surface area contributed by atoms with Crippen molar-refractivity contribution in [3.63, 3.8) is 0 Å². The molecule has 0 aliphatic carbocycles. The van der Waals surface area contributed by atoms with Gasteiger partial charge in [0, 0.05) is 30.7 Å². The highest BCUT2D eigenvalue weighted by Crippen LogP contribution is 2.22. The molecule has 1 atom stereocenters. The summed E-state index contributed by atoms with van der Waals surface area (Å²) >= 11 is 1.36. The number of thiophene rings is 1. The molecule has 2 N–H and O–H groups in total. The van der Waals surface area contributed by atoms with Gasteiger partial charge in [-0.15, -0.1) is 11.3 Å². The molecule has 0 spiro atoms. The minimum absolute atomic E-state index is 0.196. The van der Waals surface area contributed by atoms with Crippen molar-refractivity contribution in [1.29, 1.82) is 0 Å². The maximum absolute atomic E-state index is 13.4. The summed E-state index contributed by atoms with van der Waals surface area (Å²) in [6.07, 6.45) is 3.42. The lowest BCUT2D eigenvalue weighted by Crippen LogP contribution is -2.31. The molecular formula is C23H19FN4O2S. The van der Waals surface area contributed by atoms with E-state index >= 15 is 0 Å². The first-order valence-electron chi connectivity index (χ1n) is 9.50. The Hall–Kier alpha value is -3.78. The van der Waals surface area contributed by atoms with Gasteiger partial charge in [0.15, 0.2) is 0 Å². The Bertz CT molecular complexity index is 1190.